The third-order valence-electron chi connectivity index (χ3n) is 9.17. The van der Waals surface area contributed by atoms with Crippen LogP contribution in [0.15, 0.2) is 78.1 Å². The van der Waals surface area contributed by atoms with Crippen LogP contribution in [0.25, 0.3) is 22.3 Å². The van der Waals surface area contributed by atoms with Crippen molar-refractivity contribution in [3.05, 3.63) is 130 Å². The van der Waals surface area contributed by atoms with Gasteiger partial charge in [-0.1, -0.05) is 0 Å². The maximum Gasteiger partial charge on any atom is 0.495 e. The predicted octanol–water partition coefficient (Wildman–Crippen LogP) is 8.94. The fourth-order valence-electron chi connectivity index (χ4n) is 5.24. The van der Waals surface area contributed by atoms with Gasteiger partial charge in [0, 0.05) is 88.9 Å². The van der Waals surface area contributed by atoms with Crippen molar-refractivity contribution in [3.8, 4) is 22.3 Å². The SMILES string of the molecule is CC1(C)OB(c2cc(F)c(CO)c(F)c2)OC1(C)C.Cn1cc(-c2cc(F)c(CCl)c(F)c2)cn1.Cn1cc(-c2cc(F)c(CO)c(F)c2)cn1.Cn1cc(Br)cn1.O=S(Cl)Cl. The zero-order valence-electron chi connectivity index (χ0n) is 34.1. The van der Waals surface area contributed by atoms with E-state index in [1.54, 1.807) is 52.9 Å². The second-order valence-electron chi connectivity index (χ2n) is 14.2. The van der Waals surface area contributed by atoms with E-state index in [0.29, 0.717) is 22.3 Å². The number of aromatic nitrogens is 6. The molecular formula is C39H41BBrCl3F6N6O5S. The Bertz CT molecular complexity index is 2260. The van der Waals surface area contributed by atoms with Crippen molar-refractivity contribution in [1.29, 1.82) is 0 Å². The summed E-state index contributed by atoms with van der Waals surface area (Å²) in [5.41, 5.74) is 0.525. The number of aliphatic hydroxyl groups is 2. The summed E-state index contributed by atoms with van der Waals surface area (Å²) in [4.78, 5) is 0. The van der Waals surface area contributed by atoms with E-state index < -0.39 is 75.7 Å². The largest absolute Gasteiger partial charge is 0.495 e. The third-order valence-corrected chi connectivity index (χ3v) is 9.85. The number of benzene rings is 3. The molecule has 1 aliphatic heterocycles. The molecule has 0 unspecified atom stereocenters. The summed E-state index contributed by atoms with van der Waals surface area (Å²) in [6.45, 7) is 6.12. The van der Waals surface area contributed by atoms with Gasteiger partial charge in [0.05, 0.1) is 53.4 Å². The van der Waals surface area contributed by atoms with Crippen LogP contribution >= 0.6 is 48.9 Å². The topological polar surface area (TPSA) is 129 Å². The number of hydrogen-bond acceptors (Lipinski definition) is 8. The first-order valence-corrected chi connectivity index (χ1v) is 22.0. The van der Waals surface area contributed by atoms with Crippen molar-refractivity contribution in [3.63, 3.8) is 0 Å². The molecule has 3 aromatic heterocycles. The van der Waals surface area contributed by atoms with Gasteiger partial charge in [0.1, 0.15) is 34.9 Å². The minimum Gasteiger partial charge on any atom is -0.399 e. The monoisotopic (exact) mass is 1010 g/mol. The highest BCUT2D eigenvalue weighted by molar-refractivity contribution is 9.10. The number of nitrogens with zero attached hydrogens (tertiary/aromatic N) is 6. The van der Waals surface area contributed by atoms with Crippen LogP contribution in [0, 0.1) is 34.9 Å². The van der Waals surface area contributed by atoms with Gasteiger partial charge in [-0.25, -0.2) is 30.6 Å². The van der Waals surface area contributed by atoms with Gasteiger partial charge in [-0.3, -0.25) is 14.0 Å². The lowest BCUT2D eigenvalue weighted by Crippen LogP contribution is -2.41. The molecule has 1 saturated heterocycles. The van der Waals surface area contributed by atoms with Gasteiger partial charge in [0.15, 0.2) is 0 Å². The molecule has 1 fully saturated rings. The molecule has 6 aromatic rings. The van der Waals surface area contributed by atoms with Gasteiger partial charge >= 0.3 is 7.12 Å². The zero-order chi connectivity index (χ0) is 46.7. The highest BCUT2D eigenvalue weighted by atomic mass is 79.9. The number of hydrogen-bond donors (Lipinski definition) is 2. The summed E-state index contributed by atoms with van der Waals surface area (Å²) < 4.78 is 107. The lowest BCUT2D eigenvalue weighted by molar-refractivity contribution is 0.00578. The number of aryl methyl sites for hydroxylation is 3. The molecular weight excluding hydrogens is 976 g/mol. The average Bonchev–Trinajstić information content (AvgIpc) is 3.95. The molecule has 11 nitrogen and oxygen atoms in total. The molecule has 0 spiro atoms. The average molecular weight is 1020 g/mol. The van der Waals surface area contributed by atoms with Crippen molar-refractivity contribution >= 4 is 70.7 Å². The molecule has 0 bridgehead atoms. The Morgan fingerprint density at radius 1 is 0.629 bits per heavy atom. The summed E-state index contributed by atoms with van der Waals surface area (Å²) in [5.74, 6) is -4.53. The van der Waals surface area contributed by atoms with Crippen LogP contribution in [-0.4, -0.2) is 62.1 Å². The van der Waals surface area contributed by atoms with Crippen LogP contribution < -0.4 is 5.46 Å². The maximum absolute atomic E-state index is 13.6. The smallest absolute Gasteiger partial charge is 0.399 e. The molecule has 4 heterocycles. The Balaban J connectivity index is 0.000000221. The first kappa shape index (κ1) is 52.6. The molecule has 0 saturated carbocycles. The normalized spacial score (nSPS) is 13.6. The van der Waals surface area contributed by atoms with Crippen LogP contribution in [0.1, 0.15) is 44.4 Å². The summed E-state index contributed by atoms with van der Waals surface area (Å²) in [5, 5.41) is 29.4. The van der Waals surface area contributed by atoms with Gasteiger partial charge < -0.3 is 19.5 Å². The lowest BCUT2D eigenvalue weighted by Gasteiger charge is -2.32. The molecule has 0 radical (unpaired) electrons. The standard InChI is InChI=1S/C13H17BF2O3.C11H9ClF2N2.C11H10F2N2O.C4H5BrN2.Cl2OS/c1-12(2)13(3,4)19-14(18-12)8-5-10(15)9(7-17)11(16)6-8;1-16-6-8(5-15-16)7-2-10(13)9(4-12)11(14)3-7;1-15-5-8(4-14-15)7-2-10(12)9(6-16)11(13)3-7;1-7-3-4(5)2-6-7;1-4(2)3/h5-6,17H,7H2,1-4H3;2-3,5-6H,4H2,1H3;2-5,16H,6H2,1H3;2-3H,1H3;. The van der Waals surface area contributed by atoms with Crippen LogP contribution in [-0.2, 0) is 58.8 Å². The lowest BCUT2D eigenvalue weighted by atomic mass is 9.78. The number of rotatable bonds is 6. The third kappa shape index (κ3) is 14.7. The summed E-state index contributed by atoms with van der Waals surface area (Å²) >= 11 is 8.69. The van der Waals surface area contributed by atoms with Crippen LogP contribution in [0.3, 0.4) is 0 Å². The molecule has 1 aliphatic rings. The van der Waals surface area contributed by atoms with E-state index >= 15 is 0 Å². The minimum absolute atomic E-state index is 0.102. The number of aliphatic hydroxyl groups excluding tert-OH is 2. The fourth-order valence-corrected chi connectivity index (χ4v) is 5.88. The quantitative estimate of drug-likeness (QED) is 0.0733. The van der Waals surface area contributed by atoms with Gasteiger partial charge in [-0.15, -0.1) is 11.6 Å². The van der Waals surface area contributed by atoms with Crippen molar-refractivity contribution in [1.82, 2.24) is 29.3 Å². The van der Waals surface area contributed by atoms with Gasteiger partial charge in [0.2, 0.25) is 9.23 Å². The zero-order valence-corrected chi connectivity index (χ0v) is 38.8. The van der Waals surface area contributed by atoms with Crippen LogP contribution in [0.5, 0.6) is 0 Å². The molecule has 7 rings (SSSR count). The first-order chi connectivity index (χ1) is 28.9. The summed E-state index contributed by atoms with van der Waals surface area (Å²) in [6, 6.07) is 7.17. The van der Waals surface area contributed by atoms with Gasteiger partial charge in [-0.2, -0.15) is 15.3 Å². The second kappa shape index (κ2) is 23.3. The predicted molar refractivity (Wildman–Crippen MR) is 231 cm³/mol. The highest BCUT2D eigenvalue weighted by Gasteiger charge is 2.52. The Morgan fingerprint density at radius 3 is 1.21 bits per heavy atom. The van der Waals surface area contributed by atoms with E-state index in [-0.39, 0.29) is 28.0 Å². The minimum atomic E-state index is -1.67. The van der Waals surface area contributed by atoms with E-state index in [0.717, 1.165) is 16.6 Å². The number of alkyl halides is 1. The summed E-state index contributed by atoms with van der Waals surface area (Å²) in [6.07, 6.45) is 10.1. The molecule has 0 aliphatic carbocycles. The van der Waals surface area contributed by atoms with Gasteiger partial charge in [-0.05, 0) is 96.6 Å². The second-order valence-corrected chi connectivity index (χ2v) is 17.9. The summed E-state index contributed by atoms with van der Waals surface area (Å²) in [7, 11) is 11.9. The Kier molecular flexibility index (Phi) is 19.8. The molecule has 62 heavy (non-hydrogen) atoms. The fraction of sp³-hybridized carbons (Fsp3) is 0.308. The maximum atomic E-state index is 13.6. The molecule has 336 valence electrons. The van der Waals surface area contributed by atoms with E-state index in [9.17, 15) is 26.3 Å². The first-order valence-electron chi connectivity index (χ1n) is 17.9. The van der Waals surface area contributed by atoms with E-state index in [4.69, 9.17) is 35.3 Å². The van der Waals surface area contributed by atoms with Crippen molar-refractivity contribution in [2.24, 2.45) is 21.1 Å². The molecule has 3 aromatic carbocycles. The van der Waals surface area contributed by atoms with E-state index in [2.05, 4.69) is 52.6 Å². The Hall–Kier alpha value is -3.73. The Labute approximate surface area is 379 Å². The molecule has 23 heteroatoms. The van der Waals surface area contributed by atoms with E-state index in [1.807, 2.05) is 40.9 Å². The number of halogens is 10. The van der Waals surface area contributed by atoms with Crippen molar-refractivity contribution < 1.29 is 50.1 Å². The highest BCUT2D eigenvalue weighted by Crippen LogP contribution is 2.36. The van der Waals surface area contributed by atoms with Gasteiger partial charge in [0.25, 0.3) is 0 Å². The molecule has 0 atom stereocenters. The molecule has 0 amide bonds. The molecule has 2 N–H and O–H groups in total. The van der Waals surface area contributed by atoms with Crippen LogP contribution in [0.2, 0.25) is 0 Å². The van der Waals surface area contributed by atoms with Crippen molar-refractivity contribution in [2.75, 3.05) is 0 Å². The van der Waals surface area contributed by atoms with E-state index in [1.165, 1.54) is 30.5 Å². The van der Waals surface area contributed by atoms with Crippen LogP contribution in [0.4, 0.5) is 26.3 Å². The Morgan fingerprint density at radius 2 is 0.952 bits per heavy atom. The van der Waals surface area contributed by atoms with Crippen molar-refractivity contribution in [2.45, 2.75) is 58.0 Å².